The summed E-state index contributed by atoms with van der Waals surface area (Å²) in [5, 5.41) is 2.16. The molecule has 1 amide bonds. The zero-order chi connectivity index (χ0) is 19.5. The van der Waals surface area contributed by atoms with Crippen LogP contribution < -0.4 is 5.32 Å². The van der Waals surface area contributed by atoms with Crippen molar-refractivity contribution in [1.29, 1.82) is 0 Å². The third kappa shape index (κ3) is 4.70. The Morgan fingerprint density at radius 2 is 1.73 bits per heavy atom. The van der Waals surface area contributed by atoms with Gasteiger partial charge < -0.3 is 5.32 Å². The highest BCUT2D eigenvalue weighted by Crippen LogP contribution is 2.31. The molecule has 0 saturated carbocycles. The standard InChI is InChI=1S/C16H11F7N2O/c17-12-8-10(15(18,19)20)4-3-9(12)5-7-25-14(26)11-2-1-6-24-13(11)16(21,22)23/h1-4,6,8H,5,7H2,(H,25,26). The van der Waals surface area contributed by atoms with Gasteiger partial charge in [-0.1, -0.05) is 6.07 Å². The molecule has 0 atom stereocenters. The first-order valence-corrected chi connectivity index (χ1v) is 7.16. The summed E-state index contributed by atoms with van der Waals surface area (Å²) in [6, 6.07) is 4.00. The molecule has 0 aliphatic carbocycles. The van der Waals surface area contributed by atoms with Crippen LogP contribution in [0.4, 0.5) is 30.7 Å². The van der Waals surface area contributed by atoms with Crippen molar-refractivity contribution < 1.29 is 35.5 Å². The van der Waals surface area contributed by atoms with Gasteiger partial charge in [0.25, 0.3) is 5.91 Å². The Bertz CT molecular complexity index is 800. The third-order valence-corrected chi connectivity index (χ3v) is 3.38. The van der Waals surface area contributed by atoms with Crippen LogP contribution in [-0.2, 0) is 18.8 Å². The number of rotatable bonds is 4. The topological polar surface area (TPSA) is 42.0 Å². The van der Waals surface area contributed by atoms with E-state index in [1.165, 1.54) is 0 Å². The van der Waals surface area contributed by atoms with Crippen molar-refractivity contribution >= 4 is 5.91 Å². The van der Waals surface area contributed by atoms with E-state index in [1.807, 2.05) is 0 Å². The SMILES string of the molecule is O=C(NCCc1ccc(C(F)(F)F)cc1F)c1cccnc1C(F)(F)F. The lowest BCUT2D eigenvalue weighted by molar-refractivity contribution is -0.141. The monoisotopic (exact) mass is 380 g/mol. The molecule has 0 aliphatic heterocycles. The Labute approximate surface area is 142 Å². The Hall–Kier alpha value is -2.65. The number of amides is 1. The summed E-state index contributed by atoms with van der Waals surface area (Å²) in [7, 11) is 0. The number of benzene rings is 1. The summed E-state index contributed by atoms with van der Waals surface area (Å²) in [5.41, 5.74) is -3.33. The number of halogens is 7. The van der Waals surface area contributed by atoms with E-state index < -0.39 is 40.9 Å². The second kappa shape index (κ2) is 7.30. The number of nitrogens with one attached hydrogen (secondary N) is 1. The van der Waals surface area contributed by atoms with Gasteiger partial charge in [0.1, 0.15) is 5.82 Å². The first-order valence-electron chi connectivity index (χ1n) is 7.16. The van der Waals surface area contributed by atoms with Crippen LogP contribution in [0.2, 0.25) is 0 Å². The van der Waals surface area contributed by atoms with E-state index in [2.05, 4.69) is 10.3 Å². The number of pyridine rings is 1. The lowest BCUT2D eigenvalue weighted by Crippen LogP contribution is -2.28. The van der Waals surface area contributed by atoms with Crippen molar-refractivity contribution in [3.63, 3.8) is 0 Å². The number of hydrogen-bond acceptors (Lipinski definition) is 2. The van der Waals surface area contributed by atoms with Crippen molar-refractivity contribution in [1.82, 2.24) is 10.3 Å². The number of aromatic nitrogens is 1. The van der Waals surface area contributed by atoms with Crippen LogP contribution in [0.15, 0.2) is 36.5 Å². The van der Waals surface area contributed by atoms with Crippen LogP contribution in [0.5, 0.6) is 0 Å². The van der Waals surface area contributed by atoms with E-state index in [0.29, 0.717) is 12.1 Å². The Kier molecular flexibility index (Phi) is 5.53. The molecular formula is C16H11F7N2O. The van der Waals surface area contributed by atoms with Gasteiger partial charge in [-0.05, 0) is 36.2 Å². The summed E-state index contributed by atoms with van der Waals surface area (Å²) in [4.78, 5) is 15.0. The van der Waals surface area contributed by atoms with E-state index in [9.17, 15) is 35.5 Å². The van der Waals surface area contributed by atoms with Gasteiger partial charge in [0, 0.05) is 12.7 Å². The van der Waals surface area contributed by atoms with Crippen LogP contribution in [0.3, 0.4) is 0 Å². The number of hydrogen-bond donors (Lipinski definition) is 1. The molecule has 1 N–H and O–H groups in total. The summed E-state index contributed by atoms with van der Waals surface area (Å²) >= 11 is 0. The zero-order valence-corrected chi connectivity index (χ0v) is 12.9. The maximum absolute atomic E-state index is 13.7. The van der Waals surface area contributed by atoms with Crippen molar-refractivity contribution in [2.45, 2.75) is 18.8 Å². The van der Waals surface area contributed by atoms with Crippen LogP contribution in [-0.4, -0.2) is 17.4 Å². The summed E-state index contributed by atoms with van der Waals surface area (Å²) in [6.07, 6.45) is -8.83. The normalized spacial score (nSPS) is 12.1. The molecule has 1 aromatic carbocycles. The molecule has 0 saturated heterocycles. The highest BCUT2D eigenvalue weighted by atomic mass is 19.4. The molecule has 0 spiro atoms. The second-order valence-corrected chi connectivity index (χ2v) is 5.21. The highest BCUT2D eigenvalue weighted by Gasteiger charge is 2.37. The molecule has 0 aliphatic rings. The molecule has 0 fully saturated rings. The third-order valence-electron chi connectivity index (χ3n) is 3.38. The van der Waals surface area contributed by atoms with Crippen LogP contribution >= 0.6 is 0 Å². The van der Waals surface area contributed by atoms with Gasteiger partial charge in [0.2, 0.25) is 0 Å². The largest absolute Gasteiger partial charge is 0.434 e. The summed E-state index contributed by atoms with van der Waals surface area (Å²) < 4.78 is 89.4. The minimum atomic E-state index is -4.83. The highest BCUT2D eigenvalue weighted by molar-refractivity contribution is 5.95. The molecule has 140 valence electrons. The molecule has 26 heavy (non-hydrogen) atoms. The first-order chi connectivity index (χ1) is 12.0. The molecular weight excluding hydrogens is 369 g/mol. The number of nitrogens with zero attached hydrogens (tertiary/aromatic N) is 1. The predicted octanol–water partition coefficient (Wildman–Crippen LogP) is 4.23. The number of carbonyl (C=O) groups is 1. The van der Waals surface area contributed by atoms with Crippen LogP contribution in [0, 0.1) is 5.82 Å². The summed E-state index contributed by atoms with van der Waals surface area (Å²) in [6.45, 7) is -0.271. The number of alkyl halides is 6. The van der Waals surface area contributed by atoms with E-state index in [4.69, 9.17) is 0 Å². The zero-order valence-electron chi connectivity index (χ0n) is 12.9. The maximum atomic E-state index is 13.7. The van der Waals surface area contributed by atoms with Crippen molar-refractivity contribution in [2.24, 2.45) is 0 Å². The van der Waals surface area contributed by atoms with Crippen molar-refractivity contribution in [3.05, 3.63) is 64.7 Å². The molecule has 0 radical (unpaired) electrons. The van der Waals surface area contributed by atoms with Gasteiger partial charge >= 0.3 is 12.4 Å². The maximum Gasteiger partial charge on any atom is 0.434 e. The Morgan fingerprint density at radius 1 is 1.04 bits per heavy atom. The fourth-order valence-electron chi connectivity index (χ4n) is 2.15. The van der Waals surface area contributed by atoms with Gasteiger partial charge in [-0.2, -0.15) is 26.3 Å². The van der Waals surface area contributed by atoms with E-state index >= 15 is 0 Å². The van der Waals surface area contributed by atoms with E-state index in [-0.39, 0.29) is 18.5 Å². The number of carbonyl (C=O) groups excluding carboxylic acids is 1. The van der Waals surface area contributed by atoms with Gasteiger partial charge in [0.05, 0.1) is 11.1 Å². The van der Waals surface area contributed by atoms with Gasteiger partial charge in [-0.25, -0.2) is 4.39 Å². The molecule has 3 nitrogen and oxygen atoms in total. The van der Waals surface area contributed by atoms with Crippen LogP contribution in [0.1, 0.15) is 27.2 Å². The lowest BCUT2D eigenvalue weighted by Gasteiger charge is -2.12. The van der Waals surface area contributed by atoms with Crippen LogP contribution in [0.25, 0.3) is 0 Å². The molecule has 2 aromatic rings. The Morgan fingerprint density at radius 3 is 2.31 bits per heavy atom. The van der Waals surface area contributed by atoms with Gasteiger partial charge in [-0.3, -0.25) is 9.78 Å². The average Bonchev–Trinajstić information content (AvgIpc) is 2.54. The fraction of sp³-hybridized carbons (Fsp3) is 0.250. The van der Waals surface area contributed by atoms with Crippen molar-refractivity contribution in [3.8, 4) is 0 Å². The molecule has 0 unspecified atom stereocenters. The Balaban J connectivity index is 2.04. The lowest BCUT2D eigenvalue weighted by atomic mass is 10.1. The fourth-order valence-corrected chi connectivity index (χ4v) is 2.15. The van der Waals surface area contributed by atoms with Gasteiger partial charge in [-0.15, -0.1) is 0 Å². The molecule has 1 heterocycles. The summed E-state index contributed by atoms with van der Waals surface area (Å²) in [5.74, 6) is -2.19. The van der Waals surface area contributed by atoms with Gasteiger partial charge in [0.15, 0.2) is 5.69 Å². The second-order valence-electron chi connectivity index (χ2n) is 5.21. The van der Waals surface area contributed by atoms with E-state index in [0.717, 1.165) is 24.4 Å². The van der Waals surface area contributed by atoms with E-state index in [1.54, 1.807) is 0 Å². The molecule has 2 rings (SSSR count). The molecule has 1 aromatic heterocycles. The minimum Gasteiger partial charge on any atom is -0.352 e. The molecule has 0 bridgehead atoms. The quantitative estimate of drug-likeness (QED) is 0.807. The minimum absolute atomic E-state index is 0.111. The van der Waals surface area contributed by atoms with Crippen molar-refractivity contribution in [2.75, 3.05) is 6.54 Å². The average molecular weight is 380 g/mol. The first kappa shape index (κ1) is 19.7. The molecule has 10 heteroatoms. The predicted molar refractivity (Wildman–Crippen MR) is 76.7 cm³/mol. The smallest absolute Gasteiger partial charge is 0.352 e.